The number of ether oxygens (including phenoxy) is 1. The summed E-state index contributed by atoms with van der Waals surface area (Å²) in [5.74, 6) is 1.24. The largest absolute Gasteiger partial charge is 0.484 e. The first-order valence-corrected chi connectivity index (χ1v) is 3.69. The van der Waals surface area contributed by atoms with Gasteiger partial charge < -0.3 is 4.74 Å². The molecule has 0 fully saturated rings. The van der Waals surface area contributed by atoms with Gasteiger partial charge >= 0.3 is 0 Å². The second-order valence-electron chi connectivity index (χ2n) is 2.92. The molecule has 0 aliphatic carbocycles. The van der Waals surface area contributed by atoms with Crippen molar-refractivity contribution >= 4 is 5.90 Å². The SMILES string of the molecule is CO/C(=N/C(C)C)C(C)C. The first-order chi connectivity index (χ1) is 4.57. The highest BCUT2D eigenvalue weighted by molar-refractivity contribution is 5.77. The van der Waals surface area contributed by atoms with Crippen molar-refractivity contribution in [2.75, 3.05) is 7.11 Å². The van der Waals surface area contributed by atoms with Crippen molar-refractivity contribution in [3.63, 3.8) is 0 Å². The Balaban J connectivity index is 4.04. The van der Waals surface area contributed by atoms with Gasteiger partial charge in [0.05, 0.1) is 7.11 Å². The summed E-state index contributed by atoms with van der Waals surface area (Å²) >= 11 is 0. The van der Waals surface area contributed by atoms with E-state index in [4.69, 9.17) is 4.74 Å². The van der Waals surface area contributed by atoms with E-state index in [2.05, 4.69) is 18.8 Å². The second-order valence-corrected chi connectivity index (χ2v) is 2.92. The third-order valence-electron chi connectivity index (χ3n) is 1.09. The van der Waals surface area contributed by atoms with Gasteiger partial charge in [0.1, 0.15) is 0 Å². The molecule has 0 rings (SSSR count). The number of aliphatic imine (C=N–C) groups is 1. The number of hydrogen-bond donors (Lipinski definition) is 0. The molecule has 0 atom stereocenters. The van der Waals surface area contributed by atoms with Crippen molar-refractivity contribution in [2.45, 2.75) is 33.7 Å². The predicted molar refractivity (Wildman–Crippen MR) is 44.4 cm³/mol. The maximum absolute atomic E-state index is 5.07. The maximum Gasteiger partial charge on any atom is 0.185 e. The summed E-state index contributed by atoms with van der Waals surface area (Å²) in [7, 11) is 1.67. The zero-order chi connectivity index (χ0) is 8.15. The minimum atomic E-state index is 0.331. The third-order valence-corrected chi connectivity index (χ3v) is 1.09. The van der Waals surface area contributed by atoms with Crippen molar-refractivity contribution in [2.24, 2.45) is 10.9 Å². The van der Waals surface area contributed by atoms with E-state index in [-0.39, 0.29) is 0 Å². The Morgan fingerprint density at radius 3 is 1.80 bits per heavy atom. The molecule has 2 heteroatoms. The molecule has 0 saturated carbocycles. The number of hydrogen-bond acceptors (Lipinski definition) is 2. The van der Waals surface area contributed by atoms with Crippen molar-refractivity contribution in [3.05, 3.63) is 0 Å². The fourth-order valence-electron chi connectivity index (χ4n) is 0.692. The van der Waals surface area contributed by atoms with Crippen molar-refractivity contribution in [3.8, 4) is 0 Å². The van der Waals surface area contributed by atoms with E-state index >= 15 is 0 Å². The minimum absolute atomic E-state index is 0.331. The molecule has 0 bridgehead atoms. The average Bonchev–Trinajstić information content (AvgIpc) is 1.81. The van der Waals surface area contributed by atoms with Gasteiger partial charge in [-0.1, -0.05) is 13.8 Å². The average molecular weight is 143 g/mol. The zero-order valence-corrected chi connectivity index (χ0v) is 7.51. The molecule has 10 heavy (non-hydrogen) atoms. The van der Waals surface area contributed by atoms with E-state index in [1.165, 1.54) is 0 Å². The molecule has 0 saturated heterocycles. The van der Waals surface area contributed by atoms with E-state index in [1.54, 1.807) is 7.11 Å². The summed E-state index contributed by atoms with van der Waals surface area (Å²) in [4.78, 5) is 4.29. The molecule has 0 heterocycles. The Bertz CT molecular complexity index is 116. The molecule has 0 amide bonds. The molecule has 0 aliphatic rings. The van der Waals surface area contributed by atoms with Gasteiger partial charge in [-0.3, -0.25) is 4.99 Å². The second kappa shape index (κ2) is 4.31. The lowest BCUT2D eigenvalue weighted by atomic mass is 10.2. The highest BCUT2D eigenvalue weighted by Gasteiger charge is 2.04. The molecule has 0 aromatic heterocycles. The van der Waals surface area contributed by atoms with Crippen LogP contribution in [0.3, 0.4) is 0 Å². The molecular weight excluding hydrogens is 126 g/mol. The van der Waals surface area contributed by atoms with Gasteiger partial charge in [-0.15, -0.1) is 0 Å². The van der Waals surface area contributed by atoms with Gasteiger partial charge in [0.25, 0.3) is 0 Å². The van der Waals surface area contributed by atoms with E-state index in [9.17, 15) is 0 Å². The quantitative estimate of drug-likeness (QED) is 0.428. The van der Waals surface area contributed by atoms with Crippen LogP contribution in [0.25, 0.3) is 0 Å². The Morgan fingerprint density at radius 2 is 1.70 bits per heavy atom. The highest BCUT2D eigenvalue weighted by Crippen LogP contribution is 2.00. The van der Waals surface area contributed by atoms with Gasteiger partial charge in [-0.25, -0.2) is 0 Å². The van der Waals surface area contributed by atoms with Crippen LogP contribution >= 0.6 is 0 Å². The van der Waals surface area contributed by atoms with Gasteiger partial charge in [0, 0.05) is 12.0 Å². The lowest BCUT2D eigenvalue weighted by molar-refractivity contribution is 0.370. The molecule has 0 unspecified atom stereocenters. The summed E-state index contributed by atoms with van der Waals surface area (Å²) < 4.78 is 5.07. The fraction of sp³-hybridized carbons (Fsp3) is 0.875. The molecular formula is C8H17NO. The number of nitrogens with zero attached hydrogens (tertiary/aromatic N) is 1. The Labute approximate surface area is 63.3 Å². The van der Waals surface area contributed by atoms with Gasteiger partial charge in [-0.05, 0) is 13.8 Å². The van der Waals surface area contributed by atoms with Crippen molar-refractivity contribution in [1.29, 1.82) is 0 Å². The van der Waals surface area contributed by atoms with Crippen LogP contribution in [0, 0.1) is 5.92 Å². The summed E-state index contributed by atoms with van der Waals surface area (Å²) in [5.41, 5.74) is 0. The monoisotopic (exact) mass is 143 g/mol. The summed E-state index contributed by atoms with van der Waals surface area (Å²) in [5, 5.41) is 0. The van der Waals surface area contributed by atoms with Gasteiger partial charge in [0.2, 0.25) is 0 Å². The standard InChI is InChI=1S/C8H17NO/c1-6(2)8(10-5)9-7(3)4/h6-7H,1-5H3/b9-8+. The van der Waals surface area contributed by atoms with E-state index in [0.29, 0.717) is 12.0 Å². The van der Waals surface area contributed by atoms with Gasteiger partial charge in [0.15, 0.2) is 5.90 Å². The van der Waals surface area contributed by atoms with Gasteiger partial charge in [-0.2, -0.15) is 0 Å². The van der Waals surface area contributed by atoms with Crippen LogP contribution in [0.1, 0.15) is 27.7 Å². The molecule has 0 radical (unpaired) electrons. The Kier molecular flexibility index (Phi) is 4.08. The molecule has 2 nitrogen and oxygen atoms in total. The molecule has 0 aromatic carbocycles. The maximum atomic E-state index is 5.07. The summed E-state index contributed by atoms with van der Waals surface area (Å²) in [6.45, 7) is 8.23. The Hall–Kier alpha value is -0.530. The number of methoxy groups -OCH3 is 1. The predicted octanol–water partition coefficient (Wildman–Crippen LogP) is 2.10. The lowest BCUT2D eigenvalue weighted by Crippen LogP contribution is -2.12. The van der Waals surface area contributed by atoms with E-state index in [1.807, 2.05) is 13.8 Å². The van der Waals surface area contributed by atoms with Crippen LogP contribution in [-0.4, -0.2) is 19.0 Å². The molecule has 60 valence electrons. The van der Waals surface area contributed by atoms with E-state index in [0.717, 1.165) is 5.90 Å². The first-order valence-electron chi connectivity index (χ1n) is 3.69. The van der Waals surface area contributed by atoms with Crippen LogP contribution in [0.5, 0.6) is 0 Å². The molecule has 0 spiro atoms. The normalized spacial score (nSPS) is 12.9. The summed E-state index contributed by atoms with van der Waals surface area (Å²) in [6.07, 6.45) is 0. The van der Waals surface area contributed by atoms with Crippen LogP contribution in [0.15, 0.2) is 4.99 Å². The zero-order valence-electron chi connectivity index (χ0n) is 7.51. The third kappa shape index (κ3) is 3.49. The molecule has 0 N–H and O–H groups in total. The first kappa shape index (κ1) is 9.47. The Morgan fingerprint density at radius 1 is 1.20 bits per heavy atom. The van der Waals surface area contributed by atoms with Crippen LogP contribution in [-0.2, 0) is 4.74 Å². The topological polar surface area (TPSA) is 21.6 Å². The van der Waals surface area contributed by atoms with Crippen LogP contribution in [0.4, 0.5) is 0 Å². The van der Waals surface area contributed by atoms with Crippen LogP contribution in [0.2, 0.25) is 0 Å². The lowest BCUT2D eigenvalue weighted by Gasteiger charge is -2.09. The number of rotatable bonds is 2. The fourth-order valence-corrected chi connectivity index (χ4v) is 0.692. The minimum Gasteiger partial charge on any atom is -0.484 e. The van der Waals surface area contributed by atoms with Crippen LogP contribution < -0.4 is 0 Å². The molecule has 0 aromatic rings. The van der Waals surface area contributed by atoms with Crippen molar-refractivity contribution in [1.82, 2.24) is 0 Å². The highest BCUT2D eigenvalue weighted by atomic mass is 16.5. The smallest absolute Gasteiger partial charge is 0.185 e. The summed E-state index contributed by atoms with van der Waals surface area (Å²) in [6, 6.07) is 0.331. The molecule has 0 aliphatic heterocycles. The van der Waals surface area contributed by atoms with Crippen molar-refractivity contribution < 1.29 is 4.74 Å². The van der Waals surface area contributed by atoms with E-state index < -0.39 is 0 Å².